The van der Waals surface area contributed by atoms with E-state index >= 15 is 0 Å². The number of urea groups is 1. The molecule has 1 aromatic carbocycles. The highest BCUT2D eigenvalue weighted by Crippen LogP contribution is 2.30. The van der Waals surface area contributed by atoms with Gasteiger partial charge in [-0.15, -0.1) is 5.10 Å². The van der Waals surface area contributed by atoms with E-state index in [1.165, 1.54) is 11.8 Å². The third-order valence-corrected chi connectivity index (χ3v) is 4.46. The molecule has 1 aromatic heterocycles. The number of nitrogens with one attached hydrogen (secondary N) is 2. The van der Waals surface area contributed by atoms with Crippen LogP contribution in [-0.4, -0.2) is 57.2 Å². The number of hydrogen-bond acceptors (Lipinski definition) is 8. The van der Waals surface area contributed by atoms with E-state index in [0.29, 0.717) is 22.3 Å². The predicted octanol–water partition coefficient (Wildman–Crippen LogP) is 1.78. The molecule has 0 aliphatic rings. The van der Waals surface area contributed by atoms with Crippen LogP contribution in [0.3, 0.4) is 0 Å². The van der Waals surface area contributed by atoms with E-state index in [0.717, 1.165) is 11.8 Å². The highest BCUT2D eigenvalue weighted by Gasteiger charge is 2.23. The van der Waals surface area contributed by atoms with E-state index in [1.807, 2.05) is 20.8 Å². The van der Waals surface area contributed by atoms with Gasteiger partial charge in [-0.3, -0.25) is 10.1 Å². The van der Waals surface area contributed by atoms with Crippen LogP contribution in [0.25, 0.3) is 5.69 Å². The number of methoxy groups -OCH3 is 2. The van der Waals surface area contributed by atoms with E-state index in [4.69, 9.17) is 9.47 Å². The van der Waals surface area contributed by atoms with Gasteiger partial charge >= 0.3 is 6.03 Å². The van der Waals surface area contributed by atoms with Crippen molar-refractivity contribution in [1.29, 1.82) is 0 Å². The molecule has 0 saturated carbocycles. The van der Waals surface area contributed by atoms with E-state index in [9.17, 15) is 9.59 Å². The first-order valence-electron chi connectivity index (χ1n) is 8.45. The maximum absolute atomic E-state index is 12.3. The number of carbonyl (C=O) groups excluding carboxylic acids is 2. The molecule has 10 nitrogen and oxygen atoms in total. The lowest BCUT2D eigenvalue weighted by atomic mass is 10.1. The Balaban J connectivity index is 2.16. The molecule has 0 spiro atoms. The molecule has 0 radical (unpaired) electrons. The van der Waals surface area contributed by atoms with Gasteiger partial charge in [0.1, 0.15) is 17.2 Å². The molecular formula is C17H24N6O4S. The summed E-state index contributed by atoms with van der Waals surface area (Å²) in [6.07, 6.45) is 0. The molecule has 3 amide bonds. The summed E-state index contributed by atoms with van der Waals surface area (Å²) < 4.78 is 12.1. The first kappa shape index (κ1) is 21.5. The number of aromatic nitrogens is 4. The molecule has 0 aliphatic carbocycles. The molecule has 0 saturated heterocycles. The SMILES string of the molecule is COc1ccc(OC)c(-n2nnnc2SC(C)C(=O)NC(=O)NC(C)(C)C)c1. The van der Waals surface area contributed by atoms with Gasteiger partial charge in [-0.1, -0.05) is 11.8 Å². The van der Waals surface area contributed by atoms with Gasteiger partial charge in [0.2, 0.25) is 11.1 Å². The Kier molecular flexibility index (Phi) is 6.84. The fraction of sp³-hybridized carbons (Fsp3) is 0.471. The summed E-state index contributed by atoms with van der Waals surface area (Å²) in [7, 11) is 3.09. The Morgan fingerprint density at radius 2 is 1.93 bits per heavy atom. The number of ether oxygens (including phenoxy) is 2. The van der Waals surface area contributed by atoms with E-state index < -0.39 is 22.7 Å². The van der Waals surface area contributed by atoms with Crippen molar-refractivity contribution in [3.05, 3.63) is 18.2 Å². The Morgan fingerprint density at radius 3 is 2.54 bits per heavy atom. The lowest BCUT2D eigenvalue weighted by Gasteiger charge is -2.21. The normalized spacial score (nSPS) is 12.2. The summed E-state index contributed by atoms with van der Waals surface area (Å²) in [4.78, 5) is 24.2. The van der Waals surface area contributed by atoms with E-state index in [1.54, 1.807) is 32.2 Å². The number of thioether (sulfide) groups is 1. The van der Waals surface area contributed by atoms with Crippen LogP contribution >= 0.6 is 11.8 Å². The van der Waals surface area contributed by atoms with E-state index in [2.05, 4.69) is 26.2 Å². The van der Waals surface area contributed by atoms with E-state index in [-0.39, 0.29) is 0 Å². The molecule has 2 aromatic rings. The Bertz CT molecular complexity index is 848. The third kappa shape index (κ3) is 5.59. The molecule has 2 rings (SSSR count). The number of benzene rings is 1. The molecule has 28 heavy (non-hydrogen) atoms. The van der Waals surface area contributed by atoms with Crippen LogP contribution in [0.1, 0.15) is 27.7 Å². The van der Waals surface area contributed by atoms with Crippen LogP contribution in [0, 0.1) is 0 Å². The molecule has 0 bridgehead atoms. The van der Waals surface area contributed by atoms with Crippen molar-refractivity contribution in [2.45, 2.75) is 43.6 Å². The minimum absolute atomic E-state index is 0.366. The average Bonchev–Trinajstić information content (AvgIpc) is 3.07. The van der Waals surface area contributed by atoms with Crippen molar-refractivity contribution in [2.24, 2.45) is 0 Å². The molecule has 2 N–H and O–H groups in total. The Labute approximate surface area is 167 Å². The van der Waals surface area contributed by atoms with Gasteiger partial charge in [0, 0.05) is 11.6 Å². The summed E-state index contributed by atoms with van der Waals surface area (Å²) in [6, 6.07) is 4.65. The van der Waals surface area contributed by atoms with Crippen molar-refractivity contribution in [1.82, 2.24) is 30.8 Å². The quantitative estimate of drug-likeness (QED) is 0.694. The maximum Gasteiger partial charge on any atom is 0.321 e. The van der Waals surface area contributed by atoms with Gasteiger partial charge in [-0.25, -0.2) is 4.79 Å². The van der Waals surface area contributed by atoms with Gasteiger partial charge in [-0.05, 0) is 50.3 Å². The standard InChI is InChI=1S/C17H24N6O4S/c1-10(14(24)18-15(25)19-17(2,3)4)28-16-20-21-22-23(16)12-9-11(26-5)7-8-13(12)27-6/h7-10H,1-6H3,(H2,18,19,24,25). The Morgan fingerprint density at radius 1 is 1.21 bits per heavy atom. The van der Waals surface area contributed by atoms with Crippen LogP contribution in [-0.2, 0) is 4.79 Å². The highest BCUT2D eigenvalue weighted by molar-refractivity contribution is 8.00. The van der Waals surface area contributed by atoms with Crippen molar-refractivity contribution in [3.63, 3.8) is 0 Å². The van der Waals surface area contributed by atoms with Crippen molar-refractivity contribution >= 4 is 23.7 Å². The van der Waals surface area contributed by atoms with Crippen LogP contribution in [0.4, 0.5) is 4.79 Å². The number of amides is 3. The molecular weight excluding hydrogens is 384 g/mol. The van der Waals surface area contributed by atoms with Gasteiger partial charge < -0.3 is 14.8 Å². The van der Waals surface area contributed by atoms with Crippen LogP contribution in [0.15, 0.2) is 23.4 Å². The first-order chi connectivity index (χ1) is 13.1. The van der Waals surface area contributed by atoms with Crippen molar-refractivity contribution < 1.29 is 19.1 Å². The van der Waals surface area contributed by atoms with Crippen molar-refractivity contribution in [2.75, 3.05) is 14.2 Å². The zero-order valence-corrected chi connectivity index (χ0v) is 17.5. The fourth-order valence-corrected chi connectivity index (χ4v) is 2.96. The monoisotopic (exact) mass is 408 g/mol. The summed E-state index contributed by atoms with van der Waals surface area (Å²) >= 11 is 1.11. The molecule has 1 atom stereocenters. The molecule has 152 valence electrons. The fourth-order valence-electron chi connectivity index (χ4n) is 2.16. The van der Waals surface area contributed by atoms with Crippen molar-refractivity contribution in [3.8, 4) is 17.2 Å². The number of tetrazole rings is 1. The van der Waals surface area contributed by atoms with Gasteiger partial charge in [0.25, 0.3) is 0 Å². The average molecular weight is 408 g/mol. The van der Waals surface area contributed by atoms with Gasteiger partial charge in [0.15, 0.2) is 0 Å². The number of imide groups is 1. The summed E-state index contributed by atoms with van der Waals surface area (Å²) in [5.41, 5.74) is 0.112. The summed E-state index contributed by atoms with van der Waals surface area (Å²) in [5.74, 6) is 0.683. The van der Waals surface area contributed by atoms with Gasteiger partial charge in [-0.2, -0.15) is 4.68 Å². The lowest BCUT2D eigenvalue weighted by molar-refractivity contribution is -0.119. The molecule has 0 aliphatic heterocycles. The zero-order valence-electron chi connectivity index (χ0n) is 16.6. The summed E-state index contributed by atoms with van der Waals surface area (Å²) in [5, 5.41) is 16.4. The minimum atomic E-state index is -0.618. The topological polar surface area (TPSA) is 120 Å². The molecule has 1 heterocycles. The Hall–Kier alpha value is -2.82. The molecule has 0 fully saturated rings. The minimum Gasteiger partial charge on any atom is -0.497 e. The number of hydrogen-bond donors (Lipinski definition) is 2. The van der Waals surface area contributed by atoms with Crippen LogP contribution < -0.4 is 20.1 Å². The van der Waals surface area contributed by atoms with Crippen LogP contribution in [0.2, 0.25) is 0 Å². The summed E-state index contributed by atoms with van der Waals surface area (Å²) in [6.45, 7) is 7.13. The predicted molar refractivity (Wildman–Crippen MR) is 104 cm³/mol. The second-order valence-corrected chi connectivity index (χ2v) is 8.17. The second-order valence-electron chi connectivity index (χ2n) is 6.86. The highest BCUT2D eigenvalue weighted by atomic mass is 32.2. The first-order valence-corrected chi connectivity index (χ1v) is 9.33. The lowest BCUT2D eigenvalue weighted by Crippen LogP contribution is -2.49. The second kappa shape index (κ2) is 8.91. The molecule has 11 heteroatoms. The molecule has 1 unspecified atom stereocenters. The number of carbonyl (C=O) groups is 2. The van der Waals surface area contributed by atoms with Crippen LogP contribution in [0.5, 0.6) is 11.5 Å². The maximum atomic E-state index is 12.3. The smallest absolute Gasteiger partial charge is 0.321 e. The largest absolute Gasteiger partial charge is 0.497 e. The number of rotatable bonds is 6. The third-order valence-electron chi connectivity index (χ3n) is 3.43. The van der Waals surface area contributed by atoms with Gasteiger partial charge in [0.05, 0.1) is 19.5 Å². The number of nitrogens with zero attached hydrogens (tertiary/aromatic N) is 4. The zero-order chi connectivity index (χ0) is 20.9.